The molecule has 3 rings (SSSR count). The van der Waals surface area contributed by atoms with Crippen LogP contribution >= 0.6 is 11.3 Å². The van der Waals surface area contributed by atoms with E-state index in [0.717, 1.165) is 42.7 Å². The lowest BCUT2D eigenvalue weighted by Crippen LogP contribution is -2.38. The lowest BCUT2D eigenvalue weighted by molar-refractivity contribution is 0.0808. The van der Waals surface area contributed by atoms with Crippen LogP contribution in [0.15, 0.2) is 22.6 Å². The molecule has 6 heteroatoms. The first kappa shape index (κ1) is 12.8. The van der Waals surface area contributed by atoms with Crippen molar-refractivity contribution in [3.05, 3.63) is 28.1 Å². The van der Waals surface area contributed by atoms with E-state index in [1.807, 2.05) is 11.4 Å². The number of aliphatic hydroxyl groups is 1. The Morgan fingerprint density at radius 2 is 2.16 bits per heavy atom. The molecule has 2 aromatic heterocycles. The van der Waals surface area contributed by atoms with Crippen molar-refractivity contribution in [3.63, 3.8) is 0 Å². The maximum absolute atomic E-state index is 12.2. The van der Waals surface area contributed by atoms with E-state index in [4.69, 9.17) is 0 Å². The Balaban J connectivity index is 1.68. The van der Waals surface area contributed by atoms with E-state index in [2.05, 4.69) is 9.88 Å². The number of hydrogen-bond acceptors (Lipinski definition) is 5. The largest absolute Gasteiger partial charge is 0.393 e. The minimum atomic E-state index is -0.150. The van der Waals surface area contributed by atoms with Crippen LogP contribution in [0.1, 0.15) is 12.8 Å². The van der Waals surface area contributed by atoms with Gasteiger partial charge in [0.05, 0.1) is 17.9 Å². The summed E-state index contributed by atoms with van der Waals surface area (Å²) in [6, 6.07) is 1.87. The molecule has 3 heterocycles. The number of aromatic nitrogens is 2. The predicted octanol–water partition coefficient (Wildman–Crippen LogP) is 0.915. The second-order valence-electron chi connectivity index (χ2n) is 4.95. The second-order valence-corrected chi connectivity index (χ2v) is 5.87. The molecule has 0 amide bonds. The first-order valence-electron chi connectivity index (χ1n) is 6.57. The zero-order valence-corrected chi connectivity index (χ0v) is 11.5. The third kappa shape index (κ3) is 2.70. The molecular formula is C13H17N3O2S. The van der Waals surface area contributed by atoms with Crippen LogP contribution in [-0.2, 0) is 6.54 Å². The van der Waals surface area contributed by atoms with Crippen LogP contribution in [0.5, 0.6) is 0 Å². The number of fused-ring (bicyclic) bond motifs is 1. The fraction of sp³-hybridized carbons (Fsp3) is 0.538. The SMILES string of the molecule is O=c1c2sccc2ncn1CCN1CCC(O)CC1. The summed E-state index contributed by atoms with van der Waals surface area (Å²) in [5.74, 6) is 0. The zero-order chi connectivity index (χ0) is 13.2. The standard InChI is InChI=1S/C13H17N3O2S/c17-10-1-4-15(5-2-10)6-7-16-9-14-11-3-8-19-12(11)13(16)18/h3,8-10,17H,1-2,4-7H2. The molecule has 0 spiro atoms. The Labute approximate surface area is 115 Å². The van der Waals surface area contributed by atoms with Crippen molar-refractivity contribution in [3.8, 4) is 0 Å². The van der Waals surface area contributed by atoms with E-state index in [1.165, 1.54) is 11.3 Å². The fourth-order valence-corrected chi connectivity index (χ4v) is 3.22. The smallest absolute Gasteiger partial charge is 0.271 e. The fourth-order valence-electron chi connectivity index (χ4n) is 2.43. The molecule has 0 radical (unpaired) electrons. The summed E-state index contributed by atoms with van der Waals surface area (Å²) in [5.41, 5.74) is 0.837. The molecule has 1 saturated heterocycles. The molecule has 0 saturated carbocycles. The Kier molecular flexibility index (Phi) is 3.63. The van der Waals surface area contributed by atoms with Crippen molar-refractivity contribution in [1.82, 2.24) is 14.5 Å². The summed E-state index contributed by atoms with van der Waals surface area (Å²) in [6.07, 6.45) is 3.15. The number of piperidine rings is 1. The van der Waals surface area contributed by atoms with Gasteiger partial charge in [0.25, 0.3) is 5.56 Å². The van der Waals surface area contributed by atoms with Crippen LogP contribution in [0, 0.1) is 0 Å². The molecule has 1 aliphatic rings. The Morgan fingerprint density at radius 1 is 1.37 bits per heavy atom. The second kappa shape index (κ2) is 5.40. The van der Waals surface area contributed by atoms with Crippen LogP contribution in [-0.4, -0.2) is 45.3 Å². The molecule has 102 valence electrons. The summed E-state index contributed by atoms with van der Waals surface area (Å²) >= 11 is 1.45. The van der Waals surface area contributed by atoms with Gasteiger partial charge in [0.15, 0.2) is 0 Å². The van der Waals surface area contributed by atoms with Gasteiger partial charge in [0, 0.05) is 26.2 Å². The highest BCUT2D eigenvalue weighted by Gasteiger charge is 2.16. The van der Waals surface area contributed by atoms with Gasteiger partial charge in [0.2, 0.25) is 0 Å². The number of hydrogen-bond donors (Lipinski definition) is 1. The normalized spacial score (nSPS) is 18.2. The van der Waals surface area contributed by atoms with E-state index in [9.17, 15) is 9.90 Å². The molecule has 1 fully saturated rings. The molecule has 1 N–H and O–H groups in total. The third-order valence-electron chi connectivity index (χ3n) is 3.65. The van der Waals surface area contributed by atoms with Crippen LogP contribution < -0.4 is 5.56 Å². The lowest BCUT2D eigenvalue weighted by atomic mass is 10.1. The molecule has 5 nitrogen and oxygen atoms in total. The topological polar surface area (TPSA) is 58.4 Å². The van der Waals surface area contributed by atoms with Gasteiger partial charge >= 0.3 is 0 Å². The quantitative estimate of drug-likeness (QED) is 0.907. The van der Waals surface area contributed by atoms with E-state index in [0.29, 0.717) is 6.54 Å². The van der Waals surface area contributed by atoms with E-state index in [1.54, 1.807) is 10.9 Å². The predicted molar refractivity (Wildman–Crippen MR) is 75.6 cm³/mol. The molecule has 0 bridgehead atoms. The van der Waals surface area contributed by atoms with Crippen molar-refractivity contribution in [1.29, 1.82) is 0 Å². The van der Waals surface area contributed by atoms with Gasteiger partial charge in [-0.2, -0.15) is 0 Å². The van der Waals surface area contributed by atoms with Gasteiger partial charge in [-0.3, -0.25) is 9.36 Å². The lowest BCUT2D eigenvalue weighted by Gasteiger charge is -2.29. The van der Waals surface area contributed by atoms with Gasteiger partial charge in [-0.15, -0.1) is 11.3 Å². The van der Waals surface area contributed by atoms with Gasteiger partial charge in [0.1, 0.15) is 4.70 Å². The van der Waals surface area contributed by atoms with Gasteiger partial charge in [-0.05, 0) is 24.3 Å². The van der Waals surface area contributed by atoms with E-state index < -0.39 is 0 Å². The van der Waals surface area contributed by atoms with Gasteiger partial charge in [-0.1, -0.05) is 0 Å². The summed E-state index contributed by atoms with van der Waals surface area (Å²) in [5, 5.41) is 11.4. The Bertz CT molecular complexity index is 614. The van der Waals surface area contributed by atoms with Gasteiger partial charge < -0.3 is 10.0 Å². The average molecular weight is 279 g/mol. The van der Waals surface area contributed by atoms with E-state index in [-0.39, 0.29) is 11.7 Å². The van der Waals surface area contributed by atoms with Gasteiger partial charge in [-0.25, -0.2) is 4.98 Å². The first-order valence-corrected chi connectivity index (χ1v) is 7.45. The van der Waals surface area contributed by atoms with Crippen LogP contribution in [0.3, 0.4) is 0 Å². The Hall–Kier alpha value is -1.24. The van der Waals surface area contributed by atoms with Crippen molar-refractivity contribution < 1.29 is 5.11 Å². The molecule has 0 atom stereocenters. The molecule has 19 heavy (non-hydrogen) atoms. The highest BCUT2D eigenvalue weighted by Crippen LogP contribution is 2.13. The maximum Gasteiger partial charge on any atom is 0.271 e. The first-order chi connectivity index (χ1) is 9.24. The molecule has 0 unspecified atom stereocenters. The number of nitrogens with zero attached hydrogens (tertiary/aromatic N) is 3. The summed E-state index contributed by atoms with van der Waals surface area (Å²) in [4.78, 5) is 18.8. The third-order valence-corrected chi connectivity index (χ3v) is 4.54. The average Bonchev–Trinajstić information content (AvgIpc) is 2.89. The van der Waals surface area contributed by atoms with Crippen molar-refractivity contribution in [2.75, 3.05) is 19.6 Å². The summed E-state index contributed by atoms with van der Waals surface area (Å²) < 4.78 is 2.42. The van der Waals surface area contributed by atoms with Crippen LogP contribution in [0.4, 0.5) is 0 Å². The van der Waals surface area contributed by atoms with Crippen molar-refractivity contribution in [2.45, 2.75) is 25.5 Å². The number of likely N-dealkylation sites (tertiary alicyclic amines) is 1. The van der Waals surface area contributed by atoms with Crippen molar-refractivity contribution in [2.24, 2.45) is 0 Å². The minimum Gasteiger partial charge on any atom is -0.393 e. The molecule has 1 aliphatic heterocycles. The molecule has 0 aromatic carbocycles. The highest BCUT2D eigenvalue weighted by molar-refractivity contribution is 7.17. The van der Waals surface area contributed by atoms with E-state index >= 15 is 0 Å². The summed E-state index contributed by atoms with van der Waals surface area (Å²) in [6.45, 7) is 3.32. The van der Waals surface area contributed by atoms with Crippen LogP contribution in [0.25, 0.3) is 10.2 Å². The number of thiophene rings is 1. The number of aliphatic hydroxyl groups excluding tert-OH is 1. The monoisotopic (exact) mass is 279 g/mol. The Morgan fingerprint density at radius 3 is 2.95 bits per heavy atom. The molecule has 2 aromatic rings. The zero-order valence-electron chi connectivity index (χ0n) is 10.7. The maximum atomic E-state index is 12.2. The van der Waals surface area contributed by atoms with Crippen LogP contribution in [0.2, 0.25) is 0 Å². The minimum absolute atomic E-state index is 0.0528. The number of rotatable bonds is 3. The molecule has 0 aliphatic carbocycles. The summed E-state index contributed by atoms with van der Waals surface area (Å²) in [7, 11) is 0. The highest BCUT2D eigenvalue weighted by atomic mass is 32.1. The van der Waals surface area contributed by atoms with Crippen molar-refractivity contribution >= 4 is 21.6 Å². The molecular weight excluding hydrogens is 262 g/mol.